The minimum atomic E-state index is -0.495. The van der Waals surface area contributed by atoms with Gasteiger partial charge in [0.25, 0.3) is 0 Å². The minimum absolute atomic E-state index is 0.396. The van der Waals surface area contributed by atoms with Crippen LogP contribution < -0.4 is 10.6 Å². The molecule has 0 unspecified atom stereocenters. The average molecular weight is 250 g/mol. The summed E-state index contributed by atoms with van der Waals surface area (Å²) in [5, 5.41) is 14.7. The molecule has 0 aliphatic rings. The van der Waals surface area contributed by atoms with E-state index in [9.17, 15) is 4.79 Å². The molecule has 0 saturated heterocycles. The predicted molar refractivity (Wildman–Crippen MR) is 74.7 cm³/mol. The molecule has 0 aromatic heterocycles. The Morgan fingerprint density at radius 1 is 1.28 bits per heavy atom. The maximum absolute atomic E-state index is 11.1. The van der Waals surface area contributed by atoms with E-state index in [-0.39, 0.29) is 0 Å². The number of aliphatic hydroxyl groups excluding tert-OH is 1. The molecule has 0 heterocycles. The highest BCUT2D eigenvalue weighted by atomic mass is 16.3. The molecule has 0 saturated carbocycles. The lowest BCUT2D eigenvalue weighted by atomic mass is 10.0. The van der Waals surface area contributed by atoms with Crippen LogP contribution in [0.1, 0.15) is 26.7 Å². The molecule has 1 aromatic carbocycles. The van der Waals surface area contributed by atoms with Crippen LogP contribution in [0.5, 0.6) is 0 Å². The van der Waals surface area contributed by atoms with E-state index < -0.39 is 12.5 Å². The van der Waals surface area contributed by atoms with Crippen LogP contribution in [0.25, 0.3) is 0 Å². The smallest absolute Gasteiger partial charge is 0.250 e. The molecule has 3 N–H and O–H groups in total. The van der Waals surface area contributed by atoms with Gasteiger partial charge >= 0.3 is 0 Å². The highest BCUT2D eigenvalue weighted by molar-refractivity contribution is 5.91. The number of benzene rings is 1. The van der Waals surface area contributed by atoms with E-state index in [1.54, 1.807) is 6.07 Å². The Kier molecular flexibility index (Phi) is 6.22. The summed E-state index contributed by atoms with van der Waals surface area (Å²) in [6.45, 7) is 4.82. The van der Waals surface area contributed by atoms with Gasteiger partial charge in [0.1, 0.15) is 6.61 Å². The first-order chi connectivity index (χ1) is 8.69. The standard InChI is InChI=1S/C14H22N2O2/c1-3-11(4-2)9-15-12-6-5-7-13(8-12)16-14(18)10-17/h5-8,11,15,17H,3-4,9-10H2,1-2H3,(H,16,18). The van der Waals surface area contributed by atoms with Crippen LogP contribution in [0.2, 0.25) is 0 Å². The SMILES string of the molecule is CCC(CC)CNc1cccc(NC(=O)CO)c1. The van der Waals surface area contributed by atoms with Crippen LogP contribution in [0.15, 0.2) is 24.3 Å². The zero-order valence-corrected chi connectivity index (χ0v) is 11.1. The van der Waals surface area contributed by atoms with Gasteiger partial charge in [0.05, 0.1) is 0 Å². The number of hydrogen-bond donors (Lipinski definition) is 3. The first-order valence-electron chi connectivity index (χ1n) is 6.44. The van der Waals surface area contributed by atoms with Gasteiger partial charge in [-0.25, -0.2) is 0 Å². The van der Waals surface area contributed by atoms with Gasteiger partial charge in [0.15, 0.2) is 0 Å². The van der Waals surface area contributed by atoms with E-state index in [1.165, 1.54) is 0 Å². The number of amides is 1. The van der Waals surface area contributed by atoms with E-state index in [4.69, 9.17) is 5.11 Å². The second-order valence-electron chi connectivity index (χ2n) is 4.35. The van der Waals surface area contributed by atoms with Crippen molar-refractivity contribution in [3.05, 3.63) is 24.3 Å². The summed E-state index contributed by atoms with van der Waals surface area (Å²) in [6, 6.07) is 7.52. The molecule has 4 heteroatoms. The van der Waals surface area contributed by atoms with E-state index >= 15 is 0 Å². The van der Waals surface area contributed by atoms with Crippen molar-refractivity contribution in [3.63, 3.8) is 0 Å². The van der Waals surface area contributed by atoms with E-state index in [0.717, 1.165) is 25.1 Å². The fourth-order valence-corrected chi connectivity index (χ4v) is 1.75. The molecule has 0 aliphatic carbocycles. The number of carbonyl (C=O) groups is 1. The molecule has 100 valence electrons. The number of hydrogen-bond acceptors (Lipinski definition) is 3. The summed E-state index contributed by atoms with van der Waals surface area (Å²) in [5.74, 6) is 0.271. The maximum Gasteiger partial charge on any atom is 0.250 e. The van der Waals surface area contributed by atoms with Crippen molar-refractivity contribution in [1.82, 2.24) is 0 Å². The predicted octanol–water partition coefficient (Wildman–Crippen LogP) is 2.47. The molecule has 4 nitrogen and oxygen atoms in total. The van der Waals surface area contributed by atoms with Gasteiger partial charge in [-0.1, -0.05) is 32.8 Å². The first kappa shape index (κ1) is 14.5. The third-order valence-corrected chi connectivity index (χ3v) is 3.04. The highest BCUT2D eigenvalue weighted by Crippen LogP contribution is 2.16. The molecule has 1 aromatic rings. The van der Waals surface area contributed by atoms with Crippen LogP contribution in [0.4, 0.5) is 11.4 Å². The Morgan fingerprint density at radius 2 is 1.94 bits per heavy atom. The number of carbonyl (C=O) groups excluding carboxylic acids is 1. The highest BCUT2D eigenvalue weighted by Gasteiger charge is 2.04. The van der Waals surface area contributed by atoms with Crippen LogP contribution in [0.3, 0.4) is 0 Å². The number of aliphatic hydroxyl groups is 1. The third-order valence-electron chi connectivity index (χ3n) is 3.04. The van der Waals surface area contributed by atoms with Gasteiger partial charge in [0.2, 0.25) is 5.91 Å². The molecule has 18 heavy (non-hydrogen) atoms. The van der Waals surface area contributed by atoms with Crippen molar-refractivity contribution < 1.29 is 9.90 Å². The summed E-state index contributed by atoms with van der Waals surface area (Å²) in [4.78, 5) is 11.1. The molecular weight excluding hydrogens is 228 g/mol. The van der Waals surface area contributed by atoms with E-state index in [1.807, 2.05) is 18.2 Å². The summed E-state index contributed by atoms with van der Waals surface area (Å²) >= 11 is 0. The molecular formula is C14H22N2O2. The summed E-state index contributed by atoms with van der Waals surface area (Å²) in [5.41, 5.74) is 1.68. The van der Waals surface area contributed by atoms with Gasteiger partial charge in [-0.2, -0.15) is 0 Å². The fraction of sp³-hybridized carbons (Fsp3) is 0.500. The molecule has 1 rings (SSSR count). The lowest BCUT2D eigenvalue weighted by molar-refractivity contribution is -0.118. The lowest BCUT2D eigenvalue weighted by Crippen LogP contribution is -2.16. The Bertz CT molecular complexity index is 376. The molecule has 0 fully saturated rings. The van der Waals surface area contributed by atoms with Crippen molar-refractivity contribution in [2.24, 2.45) is 5.92 Å². The van der Waals surface area contributed by atoms with Gasteiger partial charge in [-0.15, -0.1) is 0 Å². The third kappa shape index (κ3) is 4.75. The Hall–Kier alpha value is -1.55. The largest absolute Gasteiger partial charge is 0.387 e. The molecule has 0 aliphatic heterocycles. The van der Waals surface area contributed by atoms with Crippen molar-refractivity contribution in [2.45, 2.75) is 26.7 Å². The second-order valence-corrected chi connectivity index (χ2v) is 4.35. The Labute approximate surface area is 108 Å². The van der Waals surface area contributed by atoms with Crippen LogP contribution >= 0.6 is 0 Å². The molecule has 0 atom stereocenters. The Morgan fingerprint density at radius 3 is 2.56 bits per heavy atom. The zero-order chi connectivity index (χ0) is 13.4. The lowest BCUT2D eigenvalue weighted by Gasteiger charge is -2.15. The van der Waals surface area contributed by atoms with Gasteiger partial charge < -0.3 is 15.7 Å². The normalized spacial score (nSPS) is 10.4. The number of anilines is 2. The van der Waals surface area contributed by atoms with Crippen molar-refractivity contribution in [1.29, 1.82) is 0 Å². The summed E-state index contributed by atoms with van der Waals surface area (Å²) < 4.78 is 0. The minimum Gasteiger partial charge on any atom is -0.387 e. The first-order valence-corrected chi connectivity index (χ1v) is 6.44. The molecule has 1 amide bonds. The molecule has 0 bridgehead atoms. The maximum atomic E-state index is 11.1. The molecule has 0 radical (unpaired) electrons. The van der Waals surface area contributed by atoms with Crippen molar-refractivity contribution >= 4 is 17.3 Å². The fourth-order valence-electron chi connectivity index (χ4n) is 1.75. The van der Waals surface area contributed by atoms with Crippen LogP contribution in [0, 0.1) is 5.92 Å². The average Bonchev–Trinajstić information content (AvgIpc) is 2.40. The van der Waals surface area contributed by atoms with Crippen molar-refractivity contribution in [2.75, 3.05) is 23.8 Å². The van der Waals surface area contributed by atoms with Gasteiger partial charge in [-0.05, 0) is 24.1 Å². The Balaban J connectivity index is 2.56. The summed E-state index contributed by atoms with van der Waals surface area (Å²) in [7, 11) is 0. The summed E-state index contributed by atoms with van der Waals surface area (Å²) in [6.07, 6.45) is 2.31. The van der Waals surface area contributed by atoms with E-state index in [2.05, 4.69) is 24.5 Å². The van der Waals surface area contributed by atoms with Gasteiger partial charge in [-0.3, -0.25) is 4.79 Å². The zero-order valence-electron chi connectivity index (χ0n) is 11.1. The van der Waals surface area contributed by atoms with Crippen LogP contribution in [-0.2, 0) is 4.79 Å². The van der Waals surface area contributed by atoms with E-state index in [0.29, 0.717) is 11.6 Å². The van der Waals surface area contributed by atoms with Gasteiger partial charge in [0, 0.05) is 17.9 Å². The number of rotatable bonds is 7. The van der Waals surface area contributed by atoms with Crippen LogP contribution in [-0.4, -0.2) is 24.2 Å². The topological polar surface area (TPSA) is 61.4 Å². The number of nitrogens with one attached hydrogen (secondary N) is 2. The van der Waals surface area contributed by atoms with Crippen molar-refractivity contribution in [3.8, 4) is 0 Å². The second kappa shape index (κ2) is 7.71. The monoisotopic (exact) mass is 250 g/mol. The quantitative estimate of drug-likeness (QED) is 0.696. The molecule has 0 spiro atoms.